The molecule has 0 aliphatic carbocycles. The second-order valence-electron chi connectivity index (χ2n) is 6.53. The van der Waals surface area contributed by atoms with E-state index in [1.807, 2.05) is 0 Å². The van der Waals surface area contributed by atoms with Crippen LogP contribution in [0, 0.1) is 11.6 Å². The zero-order valence-corrected chi connectivity index (χ0v) is 16.7. The van der Waals surface area contributed by atoms with Crippen LogP contribution >= 0.6 is 0 Å². The molecule has 2 N–H and O–H groups in total. The minimum Gasteiger partial charge on any atom is -0.338 e. The van der Waals surface area contributed by atoms with Crippen molar-refractivity contribution >= 4 is 33.2 Å². The minimum atomic E-state index is -3.63. The smallest absolute Gasteiger partial charge is 0.240 e. The third-order valence-corrected chi connectivity index (χ3v) is 6.13. The van der Waals surface area contributed by atoms with Gasteiger partial charge in [0.1, 0.15) is 5.82 Å². The molecule has 0 aliphatic rings. The molecule has 30 heavy (non-hydrogen) atoms. The molecule has 8 heteroatoms. The van der Waals surface area contributed by atoms with Gasteiger partial charge in [-0.3, -0.25) is 0 Å². The number of aromatic amines is 1. The lowest BCUT2D eigenvalue weighted by atomic mass is 10.1. The summed E-state index contributed by atoms with van der Waals surface area (Å²) in [5.74, 6) is -1.38. The summed E-state index contributed by atoms with van der Waals surface area (Å²) in [6.45, 7) is 0. The van der Waals surface area contributed by atoms with Crippen molar-refractivity contribution in [1.29, 1.82) is 0 Å². The van der Waals surface area contributed by atoms with E-state index in [1.54, 1.807) is 42.5 Å². The third-order valence-electron chi connectivity index (χ3n) is 4.66. The summed E-state index contributed by atoms with van der Waals surface area (Å²) in [7, 11) is -2.26. The molecule has 4 aromatic rings. The van der Waals surface area contributed by atoms with Crippen LogP contribution in [0.25, 0.3) is 34.3 Å². The lowest BCUT2D eigenvalue weighted by Crippen LogP contribution is -2.19. The molecule has 0 spiro atoms. The first-order chi connectivity index (χ1) is 14.4. The molecule has 0 aliphatic heterocycles. The lowest BCUT2D eigenvalue weighted by Gasteiger charge is -2.09. The molecule has 0 unspecified atom stereocenters. The van der Waals surface area contributed by atoms with Gasteiger partial charge in [-0.15, -0.1) is 0 Å². The van der Waals surface area contributed by atoms with Crippen LogP contribution in [0.15, 0.2) is 65.6 Å². The molecule has 1 aromatic heterocycles. The highest BCUT2D eigenvalue weighted by atomic mass is 32.2. The van der Waals surface area contributed by atoms with Gasteiger partial charge in [-0.05, 0) is 49.0 Å². The molecule has 3 aromatic carbocycles. The van der Waals surface area contributed by atoms with Gasteiger partial charge in [0, 0.05) is 11.1 Å². The SMILES string of the molecule is CNS(=O)(=O)c1ccccc1-c1ccc2[nH]c(/C=C/c3cccc(F)c3F)nc2c1. The van der Waals surface area contributed by atoms with Crippen LogP contribution in [0.5, 0.6) is 0 Å². The van der Waals surface area contributed by atoms with Gasteiger partial charge in [-0.1, -0.05) is 36.4 Å². The fourth-order valence-corrected chi connectivity index (χ4v) is 4.09. The van der Waals surface area contributed by atoms with Gasteiger partial charge < -0.3 is 4.98 Å². The van der Waals surface area contributed by atoms with Crippen LogP contribution in [-0.2, 0) is 10.0 Å². The van der Waals surface area contributed by atoms with E-state index in [4.69, 9.17) is 0 Å². The van der Waals surface area contributed by atoms with Crippen molar-refractivity contribution in [2.24, 2.45) is 0 Å². The van der Waals surface area contributed by atoms with E-state index in [9.17, 15) is 17.2 Å². The molecule has 0 saturated heterocycles. The van der Waals surface area contributed by atoms with Crippen molar-refractivity contribution < 1.29 is 17.2 Å². The number of aromatic nitrogens is 2. The van der Waals surface area contributed by atoms with Crippen LogP contribution in [0.4, 0.5) is 8.78 Å². The number of H-pyrrole nitrogens is 1. The highest BCUT2D eigenvalue weighted by molar-refractivity contribution is 7.89. The van der Waals surface area contributed by atoms with Gasteiger partial charge in [0.2, 0.25) is 10.0 Å². The van der Waals surface area contributed by atoms with Gasteiger partial charge in [-0.2, -0.15) is 0 Å². The predicted octanol–water partition coefficient (Wildman–Crippen LogP) is 4.59. The van der Waals surface area contributed by atoms with Gasteiger partial charge >= 0.3 is 0 Å². The summed E-state index contributed by atoms with van der Waals surface area (Å²) < 4.78 is 54.1. The zero-order valence-electron chi connectivity index (χ0n) is 15.9. The Morgan fingerprint density at radius 3 is 2.60 bits per heavy atom. The van der Waals surface area contributed by atoms with Crippen molar-refractivity contribution in [3.8, 4) is 11.1 Å². The van der Waals surface area contributed by atoms with Crippen LogP contribution in [0.1, 0.15) is 11.4 Å². The molecular weight excluding hydrogens is 408 g/mol. The predicted molar refractivity (Wildman–Crippen MR) is 113 cm³/mol. The van der Waals surface area contributed by atoms with Gasteiger partial charge in [0.15, 0.2) is 11.6 Å². The minimum absolute atomic E-state index is 0.113. The molecule has 4 rings (SSSR count). The van der Waals surface area contributed by atoms with Crippen molar-refractivity contribution in [2.45, 2.75) is 4.90 Å². The fourth-order valence-electron chi connectivity index (χ4n) is 3.14. The van der Waals surface area contributed by atoms with E-state index in [1.165, 1.54) is 31.3 Å². The Morgan fingerprint density at radius 1 is 1.00 bits per heavy atom. The van der Waals surface area contributed by atoms with Crippen molar-refractivity contribution in [3.05, 3.63) is 83.7 Å². The standard InChI is InChI=1S/C22H17F2N3O2S/c1-25-30(28,29)20-8-3-2-6-16(20)15-9-11-18-19(13-15)27-21(26-18)12-10-14-5-4-7-17(23)22(14)24/h2-13,25H,1H3,(H,26,27)/b12-10+. The monoisotopic (exact) mass is 425 g/mol. The highest BCUT2D eigenvalue weighted by Crippen LogP contribution is 2.29. The van der Waals surface area contributed by atoms with Gasteiger partial charge in [0.25, 0.3) is 0 Å². The second kappa shape index (κ2) is 7.81. The van der Waals surface area contributed by atoms with Crippen molar-refractivity contribution in [3.63, 3.8) is 0 Å². The molecule has 0 saturated carbocycles. The Kier molecular flexibility index (Phi) is 5.19. The first-order valence-corrected chi connectivity index (χ1v) is 10.5. The molecule has 0 atom stereocenters. The number of imidazole rings is 1. The van der Waals surface area contributed by atoms with E-state index in [0.29, 0.717) is 22.5 Å². The normalized spacial score (nSPS) is 12.1. The summed E-state index contributed by atoms with van der Waals surface area (Å²) in [6, 6.07) is 16.0. The number of sulfonamides is 1. The Bertz CT molecular complexity index is 1380. The molecule has 152 valence electrons. The van der Waals surface area contributed by atoms with E-state index in [0.717, 1.165) is 11.6 Å². The van der Waals surface area contributed by atoms with E-state index in [2.05, 4.69) is 14.7 Å². The van der Waals surface area contributed by atoms with Gasteiger partial charge in [0.05, 0.1) is 15.9 Å². The highest BCUT2D eigenvalue weighted by Gasteiger charge is 2.17. The van der Waals surface area contributed by atoms with Crippen molar-refractivity contribution in [2.75, 3.05) is 7.05 Å². The number of hydrogen-bond donors (Lipinski definition) is 2. The molecule has 0 amide bonds. The largest absolute Gasteiger partial charge is 0.338 e. The second-order valence-corrected chi connectivity index (χ2v) is 8.39. The van der Waals surface area contributed by atoms with E-state index >= 15 is 0 Å². The van der Waals surface area contributed by atoms with E-state index in [-0.39, 0.29) is 10.5 Å². The Labute approximate surface area is 172 Å². The summed E-state index contributed by atoms with van der Waals surface area (Å²) in [4.78, 5) is 7.71. The fraction of sp³-hybridized carbons (Fsp3) is 0.0455. The molecule has 0 fully saturated rings. The summed E-state index contributed by atoms with van der Waals surface area (Å²) in [5.41, 5.74) is 2.70. The summed E-state index contributed by atoms with van der Waals surface area (Å²) in [5, 5.41) is 0. The quantitative estimate of drug-likeness (QED) is 0.491. The first kappa shape index (κ1) is 19.9. The van der Waals surface area contributed by atoms with Crippen LogP contribution in [0.2, 0.25) is 0 Å². The number of nitrogens with one attached hydrogen (secondary N) is 2. The van der Waals surface area contributed by atoms with E-state index < -0.39 is 21.7 Å². The third kappa shape index (κ3) is 3.74. The van der Waals surface area contributed by atoms with Gasteiger partial charge in [-0.25, -0.2) is 26.9 Å². The molecule has 0 bridgehead atoms. The Hall–Kier alpha value is -3.36. The van der Waals surface area contributed by atoms with Crippen LogP contribution < -0.4 is 4.72 Å². The maximum atomic E-state index is 13.8. The number of nitrogens with zero attached hydrogens (tertiary/aromatic N) is 1. The molecule has 5 nitrogen and oxygen atoms in total. The number of rotatable bonds is 5. The first-order valence-electron chi connectivity index (χ1n) is 9.04. The summed E-state index contributed by atoms with van der Waals surface area (Å²) >= 11 is 0. The Morgan fingerprint density at radius 2 is 1.80 bits per heavy atom. The number of hydrogen-bond acceptors (Lipinski definition) is 3. The van der Waals surface area contributed by atoms with Crippen molar-refractivity contribution in [1.82, 2.24) is 14.7 Å². The molecule has 0 radical (unpaired) electrons. The molecule has 1 heterocycles. The average molecular weight is 425 g/mol. The van der Waals surface area contributed by atoms with Crippen LogP contribution in [-0.4, -0.2) is 25.4 Å². The number of halogens is 2. The average Bonchev–Trinajstić information content (AvgIpc) is 3.17. The van der Waals surface area contributed by atoms with Crippen LogP contribution in [0.3, 0.4) is 0 Å². The maximum absolute atomic E-state index is 13.8. The topological polar surface area (TPSA) is 74.8 Å². The summed E-state index contributed by atoms with van der Waals surface area (Å²) in [6.07, 6.45) is 2.99. The number of fused-ring (bicyclic) bond motifs is 1. The zero-order chi connectivity index (χ0) is 21.3. The maximum Gasteiger partial charge on any atom is 0.240 e. The number of benzene rings is 3. The lowest BCUT2D eigenvalue weighted by molar-refractivity contribution is 0.507. The molecular formula is C22H17F2N3O2S. The Balaban J connectivity index is 1.73.